The van der Waals surface area contributed by atoms with E-state index < -0.39 is 47.9 Å². The summed E-state index contributed by atoms with van der Waals surface area (Å²) in [6, 6.07) is 16.9. The van der Waals surface area contributed by atoms with Crippen molar-refractivity contribution >= 4 is 84.5 Å². The van der Waals surface area contributed by atoms with Gasteiger partial charge in [0.25, 0.3) is 17.7 Å². The second-order valence-electron chi connectivity index (χ2n) is 10.4. The smallest absolute Gasteiger partial charge is 0.343 e. The molecule has 2 fully saturated rings. The summed E-state index contributed by atoms with van der Waals surface area (Å²) in [5.41, 5.74) is 1.52. The molecular weight excluding hydrogens is 727 g/mol. The van der Waals surface area contributed by atoms with E-state index in [1.807, 2.05) is 6.92 Å². The molecule has 1 saturated heterocycles. The van der Waals surface area contributed by atoms with Gasteiger partial charge in [0.1, 0.15) is 12.3 Å². The zero-order chi connectivity index (χ0) is 31.0. The van der Waals surface area contributed by atoms with Gasteiger partial charge in [-0.3, -0.25) is 19.2 Å². The number of hydrogen-bond donors (Lipinski definition) is 0. The minimum Gasteiger partial charge on any atom is -0.423 e. The number of esters is 1. The molecule has 0 spiro atoms. The van der Waals surface area contributed by atoms with Crippen molar-refractivity contribution in [2.45, 2.75) is 29.4 Å². The number of carbonyl (C=O) groups excluding carboxylic acids is 5. The van der Waals surface area contributed by atoms with Crippen LogP contribution in [0.3, 0.4) is 0 Å². The molecule has 222 valence electrons. The number of fused-ring (bicyclic) bond motifs is 1. The number of benzene rings is 3. The van der Waals surface area contributed by atoms with Crippen LogP contribution >= 0.6 is 55.1 Å². The molecule has 8 nitrogen and oxygen atoms in total. The Balaban J connectivity index is 1.40. The first kappa shape index (κ1) is 31.4. The molecule has 1 aliphatic carbocycles. The van der Waals surface area contributed by atoms with Crippen LogP contribution in [0.5, 0.6) is 5.75 Å². The molecule has 4 atom stereocenters. The number of imide groups is 1. The van der Waals surface area contributed by atoms with E-state index in [0.29, 0.717) is 23.4 Å². The molecule has 2 aliphatic rings. The van der Waals surface area contributed by atoms with Crippen LogP contribution in [0, 0.1) is 18.8 Å². The molecule has 0 aromatic heterocycles. The first-order chi connectivity index (χ1) is 20.4. The van der Waals surface area contributed by atoms with Gasteiger partial charge < -0.3 is 4.74 Å². The van der Waals surface area contributed by atoms with Crippen LogP contribution in [0.25, 0.3) is 0 Å². The molecule has 0 bridgehead atoms. The van der Waals surface area contributed by atoms with Crippen LogP contribution in [-0.2, 0) is 9.59 Å². The maximum absolute atomic E-state index is 13.8. The van der Waals surface area contributed by atoms with Gasteiger partial charge >= 0.3 is 5.97 Å². The first-order valence-electron chi connectivity index (χ1n) is 13.3. The largest absolute Gasteiger partial charge is 0.423 e. The van der Waals surface area contributed by atoms with Gasteiger partial charge in [-0.15, -0.1) is 0 Å². The van der Waals surface area contributed by atoms with Gasteiger partial charge in [-0.05, 0) is 74.4 Å². The summed E-state index contributed by atoms with van der Waals surface area (Å²) in [7, 11) is 0. The van der Waals surface area contributed by atoms with Gasteiger partial charge in [0.15, 0.2) is 5.78 Å². The standard InChI is InChI=1S/C31H24Br2Cl2N2O6/c1-16-2-4-18(5-3-16)31(42)43-20-9-6-17(7-10-20)27(38)15-36(28(39)21-11-8-19(34)12-26(21)35)37-29(40)22-13-24(32)25(33)14-23(22)30(37)41/h2-12,22-25H,13-15H2,1H3/t22-,23-,24-,25+/m1/s1. The topological polar surface area (TPSA) is 101 Å². The summed E-state index contributed by atoms with van der Waals surface area (Å²) < 4.78 is 5.41. The molecule has 1 aliphatic heterocycles. The first-order valence-corrected chi connectivity index (χ1v) is 15.9. The molecule has 12 heteroatoms. The fourth-order valence-electron chi connectivity index (χ4n) is 5.14. The van der Waals surface area contributed by atoms with Gasteiger partial charge in [0, 0.05) is 20.2 Å². The highest BCUT2D eigenvalue weighted by Crippen LogP contribution is 2.44. The third kappa shape index (κ3) is 6.57. The fourth-order valence-corrected chi connectivity index (χ4v) is 6.87. The minimum absolute atomic E-state index is 0.00671. The Kier molecular flexibility index (Phi) is 9.41. The molecule has 3 amide bonds. The number of halogens is 4. The van der Waals surface area contributed by atoms with Crippen LogP contribution in [0.15, 0.2) is 66.7 Å². The predicted octanol–water partition coefficient (Wildman–Crippen LogP) is 6.68. The molecule has 3 aromatic carbocycles. The molecule has 0 radical (unpaired) electrons. The van der Waals surface area contributed by atoms with Crippen LogP contribution < -0.4 is 4.74 Å². The summed E-state index contributed by atoms with van der Waals surface area (Å²) in [5.74, 6) is -4.08. The van der Waals surface area contributed by atoms with Gasteiger partial charge in [0.2, 0.25) is 0 Å². The average Bonchev–Trinajstić information content (AvgIpc) is 3.20. The van der Waals surface area contributed by atoms with Crippen molar-refractivity contribution < 1.29 is 28.7 Å². The third-order valence-electron chi connectivity index (χ3n) is 7.49. The Hall–Kier alpha value is -3.05. The molecular formula is C31H24Br2Cl2N2O6. The second-order valence-corrected chi connectivity index (χ2v) is 13.6. The van der Waals surface area contributed by atoms with Crippen LogP contribution in [0.4, 0.5) is 0 Å². The SMILES string of the molecule is Cc1ccc(C(=O)Oc2ccc(C(=O)CN(C(=O)c3ccc(Cl)cc3Cl)N3C(=O)[C@@H]4C[C@@H](Br)[C@@H](Br)C[C@H]4C3=O)cc2)cc1. The van der Waals surface area contributed by atoms with E-state index in [-0.39, 0.29) is 31.6 Å². The molecule has 43 heavy (non-hydrogen) atoms. The number of carbonyl (C=O) groups is 5. The van der Waals surface area contributed by atoms with E-state index in [1.54, 1.807) is 24.3 Å². The van der Waals surface area contributed by atoms with E-state index in [0.717, 1.165) is 15.6 Å². The molecule has 1 heterocycles. The number of amides is 3. The molecule has 1 saturated carbocycles. The maximum Gasteiger partial charge on any atom is 0.343 e. The van der Waals surface area contributed by atoms with Gasteiger partial charge in [-0.1, -0.05) is 72.8 Å². The summed E-state index contributed by atoms with van der Waals surface area (Å²) in [4.78, 5) is 66.9. The van der Waals surface area contributed by atoms with Crippen molar-refractivity contribution in [3.05, 3.63) is 99.0 Å². The number of ether oxygens (including phenoxy) is 1. The van der Waals surface area contributed by atoms with Gasteiger partial charge in [-0.2, -0.15) is 5.01 Å². The minimum atomic E-state index is -0.801. The summed E-state index contributed by atoms with van der Waals surface area (Å²) in [5, 5.41) is 1.95. The maximum atomic E-state index is 13.8. The van der Waals surface area contributed by atoms with Crippen molar-refractivity contribution in [3.63, 3.8) is 0 Å². The Bertz CT molecular complexity index is 1590. The lowest BCUT2D eigenvalue weighted by atomic mass is 9.81. The highest BCUT2D eigenvalue weighted by atomic mass is 79.9. The zero-order valence-electron chi connectivity index (χ0n) is 22.6. The van der Waals surface area contributed by atoms with E-state index in [2.05, 4.69) is 31.9 Å². The lowest BCUT2D eigenvalue weighted by Crippen LogP contribution is -2.52. The van der Waals surface area contributed by atoms with E-state index in [1.165, 1.54) is 42.5 Å². The lowest BCUT2D eigenvalue weighted by molar-refractivity contribution is -0.154. The Morgan fingerprint density at radius 3 is 1.98 bits per heavy atom. The normalized spacial score (nSPS) is 21.4. The van der Waals surface area contributed by atoms with E-state index in [4.69, 9.17) is 27.9 Å². The number of hydrogen-bond acceptors (Lipinski definition) is 6. The van der Waals surface area contributed by atoms with Crippen molar-refractivity contribution in [1.29, 1.82) is 0 Å². The highest BCUT2D eigenvalue weighted by molar-refractivity contribution is 9.12. The van der Waals surface area contributed by atoms with Crippen molar-refractivity contribution in [3.8, 4) is 5.75 Å². The van der Waals surface area contributed by atoms with Crippen molar-refractivity contribution in [2.75, 3.05) is 6.54 Å². The van der Waals surface area contributed by atoms with Crippen LogP contribution in [-0.4, -0.2) is 55.7 Å². The molecule has 0 N–H and O–H groups in total. The van der Waals surface area contributed by atoms with E-state index >= 15 is 0 Å². The summed E-state index contributed by atoms with van der Waals surface area (Å²) in [6.45, 7) is 1.29. The number of hydrazine groups is 1. The zero-order valence-corrected chi connectivity index (χ0v) is 27.3. The molecule has 5 rings (SSSR count). The summed E-state index contributed by atoms with van der Waals surface area (Å²) >= 11 is 19.4. The van der Waals surface area contributed by atoms with Crippen LogP contribution in [0.1, 0.15) is 49.5 Å². The molecule has 3 aromatic rings. The number of aryl methyl sites for hydroxylation is 1. The summed E-state index contributed by atoms with van der Waals surface area (Å²) in [6.07, 6.45) is 0.782. The Morgan fingerprint density at radius 2 is 1.42 bits per heavy atom. The Labute approximate surface area is 274 Å². The average molecular weight is 751 g/mol. The lowest BCUT2D eigenvalue weighted by Gasteiger charge is -2.30. The number of Topliss-reactive ketones (excluding diaryl/α,β-unsaturated/α-hetero) is 1. The number of ketones is 1. The molecule has 0 unspecified atom stereocenters. The van der Waals surface area contributed by atoms with E-state index in [9.17, 15) is 24.0 Å². The number of alkyl halides is 2. The Morgan fingerprint density at radius 1 is 0.860 bits per heavy atom. The predicted molar refractivity (Wildman–Crippen MR) is 168 cm³/mol. The highest BCUT2D eigenvalue weighted by Gasteiger charge is 2.54. The number of nitrogens with zero attached hydrogens (tertiary/aromatic N) is 2. The van der Waals surface area contributed by atoms with Gasteiger partial charge in [0.05, 0.1) is 28.0 Å². The quantitative estimate of drug-likeness (QED) is 0.0879. The fraction of sp³-hybridized carbons (Fsp3) is 0.258. The van der Waals surface area contributed by atoms with Crippen LogP contribution in [0.2, 0.25) is 10.0 Å². The van der Waals surface area contributed by atoms with Gasteiger partial charge in [-0.25, -0.2) is 9.80 Å². The van der Waals surface area contributed by atoms with Crippen molar-refractivity contribution in [1.82, 2.24) is 10.0 Å². The monoisotopic (exact) mass is 748 g/mol. The number of rotatable bonds is 7. The second kappa shape index (κ2) is 12.9. The van der Waals surface area contributed by atoms with Crippen molar-refractivity contribution in [2.24, 2.45) is 11.8 Å². The third-order valence-corrected chi connectivity index (χ3v) is 10.8.